The minimum atomic E-state index is -0.400. The summed E-state index contributed by atoms with van der Waals surface area (Å²) in [4.78, 5) is 6.05. The quantitative estimate of drug-likeness (QED) is 0.856. The van der Waals surface area contributed by atoms with Crippen LogP contribution in [0.15, 0.2) is 24.4 Å². The van der Waals surface area contributed by atoms with Crippen LogP contribution in [0, 0.1) is 17.1 Å². The normalized spacial score (nSPS) is 10.4. The summed E-state index contributed by atoms with van der Waals surface area (Å²) in [5.74, 6) is -0.400. The number of benzene rings is 1. The van der Waals surface area contributed by atoms with E-state index in [0.29, 0.717) is 36.4 Å². The van der Waals surface area contributed by atoms with Gasteiger partial charge in [0.05, 0.1) is 23.7 Å². The zero-order chi connectivity index (χ0) is 13.8. The predicted molar refractivity (Wildman–Crippen MR) is 74.2 cm³/mol. The van der Waals surface area contributed by atoms with Crippen molar-refractivity contribution in [2.75, 3.05) is 23.7 Å². The fourth-order valence-electron chi connectivity index (χ4n) is 2.14. The van der Waals surface area contributed by atoms with Crippen LogP contribution in [0.3, 0.4) is 0 Å². The van der Waals surface area contributed by atoms with Crippen LogP contribution in [0.2, 0.25) is 0 Å². The predicted octanol–water partition coefficient (Wildman–Crippen LogP) is 2.70. The van der Waals surface area contributed by atoms with Gasteiger partial charge >= 0.3 is 0 Å². The Bertz CT molecular complexity index is 633. The minimum absolute atomic E-state index is 0.339. The summed E-state index contributed by atoms with van der Waals surface area (Å²) in [7, 11) is 0. The van der Waals surface area contributed by atoms with Gasteiger partial charge in [-0.1, -0.05) is 0 Å². The Morgan fingerprint density at radius 2 is 2.32 bits per heavy atom. The fraction of sp³-hybridized carbons (Fsp3) is 0.286. The molecule has 4 nitrogen and oxygen atoms in total. The monoisotopic (exact) mass is 258 g/mol. The largest absolute Gasteiger partial charge is 0.398 e. The van der Waals surface area contributed by atoms with Crippen molar-refractivity contribution in [2.24, 2.45) is 0 Å². The number of nitrogens with two attached hydrogens (primary N) is 1. The van der Waals surface area contributed by atoms with Crippen LogP contribution in [-0.4, -0.2) is 18.1 Å². The molecule has 0 aliphatic rings. The lowest BCUT2D eigenvalue weighted by Crippen LogP contribution is -2.25. The van der Waals surface area contributed by atoms with Crippen molar-refractivity contribution in [3.8, 4) is 6.07 Å². The fourth-order valence-corrected chi connectivity index (χ4v) is 2.14. The average molecular weight is 258 g/mol. The maximum absolute atomic E-state index is 14.2. The molecule has 19 heavy (non-hydrogen) atoms. The van der Waals surface area contributed by atoms with Crippen LogP contribution in [0.25, 0.3) is 10.9 Å². The molecule has 0 aliphatic heterocycles. The van der Waals surface area contributed by atoms with Crippen molar-refractivity contribution in [3.63, 3.8) is 0 Å². The van der Waals surface area contributed by atoms with E-state index in [1.165, 1.54) is 6.07 Å². The molecule has 0 saturated carbocycles. The molecule has 5 heteroatoms. The molecule has 0 bridgehead atoms. The van der Waals surface area contributed by atoms with Gasteiger partial charge in [0, 0.05) is 30.4 Å². The molecule has 2 aromatic rings. The molecule has 0 aliphatic carbocycles. The summed E-state index contributed by atoms with van der Waals surface area (Å²) < 4.78 is 14.2. The molecular formula is C14H15FN4. The number of hydrogen-bond donors (Lipinski definition) is 1. The van der Waals surface area contributed by atoms with E-state index in [-0.39, 0.29) is 0 Å². The first-order valence-corrected chi connectivity index (χ1v) is 6.13. The molecule has 1 aromatic heterocycles. The second-order valence-electron chi connectivity index (χ2n) is 4.18. The van der Waals surface area contributed by atoms with E-state index in [1.807, 2.05) is 17.9 Å². The highest BCUT2D eigenvalue weighted by molar-refractivity contribution is 5.98. The first kappa shape index (κ1) is 13.1. The van der Waals surface area contributed by atoms with E-state index >= 15 is 0 Å². The number of nitrogens with zero attached hydrogens (tertiary/aromatic N) is 3. The lowest BCUT2D eigenvalue weighted by atomic mass is 10.1. The number of anilines is 2. The smallest absolute Gasteiger partial charge is 0.150 e. The summed E-state index contributed by atoms with van der Waals surface area (Å²) in [5.41, 5.74) is 7.15. The Balaban J connectivity index is 2.61. The lowest BCUT2D eigenvalue weighted by Gasteiger charge is -2.24. The molecule has 0 atom stereocenters. The van der Waals surface area contributed by atoms with Crippen LogP contribution in [0.1, 0.15) is 13.3 Å². The number of pyridine rings is 1. The molecule has 98 valence electrons. The molecule has 0 saturated heterocycles. The van der Waals surface area contributed by atoms with E-state index in [4.69, 9.17) is 11.0 Å². The van der Waals surface area contributed by atoms with Crippen molar-refractivity contribution in [1.29, 1.82) is 5.26 Å². The second kappa shape index (κ2) is 5.53. The number of nitrogen functional groups attached to an aromatic ring is 1. The van der Waals surface area contributed by atoms with E-state index in [0.717, 1.165) is 5.39 Å². The third-order valence-electron chi connectivity index (χ3n) is 3.04. The Hall–Kier alpha value is -2.35. The molecule has 2 rings (SSSR count). The van der Waals surface area contributed by atoms with Gasteiger partial charge in [0.15, 0.2) is 5.82 Å². The maximum Gasteiger partial charge on any atom is 0.150 e. The molecular weight excluding hydrogens is 243 g/mol. The van der Waals surface area contributed by atoms with E-state index in [1.54, 1.807) is 12.3 Å². The highest BCUT2D eigenvalue weighted by atomic mass is 19.1. The highest BCUT2D eigenvalue weighted by Crippen LogP contribution is 2.32. The van der Waals surface area contributed by atoms with Gasteiger partial charge in [-0.15, -0.1) is 0 Å². The van der Waals surface area contributed by atoms with E-state index in [2.05, 4.69) is 11.1 Å². The van der Waals surface area contributed by atoms with Crippen LogP contribution in [0.4, 0.5) is 15.8 Å². The summed E-state index contributed by atoms with van der Waals surface area (Å²) in [6.07, 6.45) is 1.95. The average Bonchev–Trinajstić information content (AvgIpc) is 2.42. The van der Waals surface area contributed by atoms with Crippen molar-refractivity contribution in [2.45, 2.75) is 13.3 Å². The van der Waals surface area contributed by atoms with Gasteiger partial charge in [0.1, 0.15) is 0 Å². The Kier molecular flexibility index (Phi) is 3.81. The van der Waals surface area contributed by atoms with Gasteiger partial charge in [0.25, 0.3) is 0 Å². The van der Waals surface area contributed by atoms with Gasteiger partial charge < -0.3 is 10.6 Å². The Labute approximate surface area is 111 Å². The molecule has 0 amide bonds. The summed E-state index contributed by atoms with van der Waals surface area (Å²) in [6.45, 7) is 3.00. The first-order valence-electron chi connectivity index (χ1n) is 6.13. The van der Waals surface area contributed by atoms with Crippen molar-refractivity contribution in [1.82, 2.24) is 4.98 Å². The zero-order valence-corrected chi connectivity index (χ0v) is 10.7. The van der Waals surface area contributed by atoms with Gasteiger partial charge in [-0.25, -0.2) is 4.39 Å². The van der Waals surface area contributed by atoms with Gasteiger partial charge in [-0.3, -0.25) is 4.98 Å². The Morgan fingerprint density at radius 3 is 3.00 bits per heavy atom. The number of fused-ring (bicyclic) bond motifs is 1. The Morgan fingerprint density at radius 1 is 1.53 bits per heavy atom. The van der Waals surface area contributed by atoms with Gasteiger partial charge in [-0.2, -0.15) is 5.26 Å². The molecule has 0 unspecified atom stereocenters. The van der Waals surface area contributed by atoms with Crippen molar-refractivity contribution >= 4 is 22.3 Å². The topological polar surface area (TPSA) is 65.9 Å². The van der Waals surface area contributed by atoms with Gasteiger partial charge in [-0.05, 0) is 25.1 Å². The third-order valence-corrected chi connectivity index (χ3v) is 3.04. The molecule has 0 fully saturated rings. The van der Waals surface area contributed by atoms with Crippen LogP contribution < -0.4 is 10.6 Å². The van der Waals surface area contributed by atoms with Crippen LogP contribution in [0.5, 0.6) is 0 Å². The summed E-state index contributed by atoms with van der Waals surface area (Å²) in [5, 5.41) is 9.41. The first-order chi connectivity index (χ1) is 9.19. The van der Waals surface area contributed by atoms with Crippen LogP contribution in [-0.2, 0) is 0 Å². The standard InChI is InChI=1S/C14H15FN4/c1-2-19(8-4-6-16)14-11(15)9-12(17)10-5-3-7-18-13(10)14/h3,5,7,9H,2,4,8,17H2,1H3. The summed E-state index contributed by atoms with van der Waals surface area (Å²) in [6, 6.07) is 6.97. The number of halogens is 1. The lowest BCUT2D eigenvalue weighted by molar-refractivity contribution is 0.621. The van der Waals surface area contributed by atoms with Gasteiger partial charge in [0.2, 0.25) is 0 Å². The van der Waals surface area contributed by atoms with E-state index in [9.17, 15) is 4.39 Å². The van der Waals surface area contributed by atoms with Crippen LogP contribution >= 0.6 is 0 Å². The molecule has 2 N–H and O–H groups in total. The number of nitriles is 1. The number of hydrogen-bond acceptors (Lipinski definition) is 4. The van der Waals surface area contributed by atoms with E-state index < -0.39 is 5.82 Å². The minimum Gasteiger partial charge on any atom is -0.398 e. The molecule has 0 spiro atoms. The SMILES string of the molecule is CCN(CCC#N)c1c(F)cc(N)c2cccnc12. The maximum atomic E-state index is 14.2. The highest BCUT2D eigenvalue weighted by Gasteiger charge is 2.16. The zero-order valence-electron chi connectivity index (χ0n) is 10.7. The molecule has 0 radical (unpaired) electrons. The van der Waals surface area contributed by atoms with Crippen molar-refractivity contribution in [3.05, 3.63) is 30.2 Å². The third kappa shape index (κ3) is 2.43. The van der Waals surface area contributed by atoms with Crippen molar-refractivity contribution < 1.29 is 4.39 Å². The number of aromatic nitrogens is 1. The summed E-state index contributed by atoms with van der Waals surface area (Å²) >= 11 is 0. The molecule has 1 heterocycles. The number of rotatable bonds is 4. The second-order valence-corrected chi connectivity index (χ2v) is 4.18. The molecule has 1 aromatic carbocycles.